The Morgan fingerprint density at radius 2 is 2.18 bits per heavy atom. The Labute approximate surface area is 128 Å². The van der Waals surface area contributed by atoms with Gasteiger partial charge in [-0.2, -0.15) is 0 Å². The number of carboxylic acid groups (broad SMARTS) is 1. The number of benzene rings is 1. The Kier molecular flexibility index (Phi) is 4.98. The number of hydrogen-bond acceptors (Lipinski definition) is 5. The second kappa shape index (κ2) is 6.93. The van der Waals surface area contributed by atoms with E-state index in [0.717, 1.165) is 19.3 Å². The van der Waals surface area contributed by atoms with Crippen molar-refractivity contribution < 1.29 is 14.6 Å². The number of carboxylic acids is 1. The average Bonchev–Trinajstić information content (AvgIpc) is 2.91. The number of nitrogens with two attached hydrogens (primary N) is 1. The number of unbranched alkanes of at least 4 members (excludes halogenated alkanes) is 2. The van der Waals surface area contributed by atoms with Crippen molar-refractivity contribution in [2.24, 2.45) is 0 Å². The number of aryl methyl sites for hydroxylation is 1. The average molecular weight is 304 g/mol. The van der Waals surface area contributed by atoms with Gasteiger partial charge in [0.15, 0.2) is 5.69 Å². The van der Waals surface area contributed by atoms with Crippen molar-refractivity contribution in [3.63, 3.8) is 0 Å². The van der Waals surface area contributed by atoms with Crippen molar-refractivity contribution in [2.45, 2.75) is 32.7 Å². The van der Waals surface area contributed by atoms with Gasteiger partial charge in [0.1, 0.15) is 11.4 Å². The van der Waals surface area contributed by atoms with Gasteiger partial charge in [0.05, 0.1) is 12.8 Å². The van der Waals surface area contributed by atoms with Crippen LogP contribution in [-0.4, -0.2) is 33.2 Å². The third-order valence-electron chi connectivity index (χ3n) is 3.41. The third-order valence-corrected chi connectivity index (χ3v) is 3.41. The van der Waals surface area contributed by atoms with Crippen molar-refractivity contribution in [3.05, 3.63) is 23.9 Å². The van der Waals surface area contributed by atoms with Crippen molar-refractivity contribution in [1.29, 1.82) is 0 Å². The van der Waals surface area contributed by atoms with E-state index in [1.807, 2.05) is 0 Å². The Hall–Kier alpha value is -2.57. The molecular weight excluding hydrogens is 284 g/mol. The molecule has 0 radical (unpaired) electrons. The lowest BCUT2D eigenvalue weighted by Crippen LogP contribution is -2.06. The van der Waals surface area contributed by atoms with Crippen LogP contribution in [0.5, 0.6) is 5.75 Å². The highest BCUT2D eigenvalue weighted by atomic mass is 16.5. The van der Waals surface area contributed by atoms with Gasteiger partial charge < -0.3 is 15.6 Å². The molecule has 2 aromatic rings. The van der Waals surface area contributed by atoms with E-state index < -0.39 is 5.97 Å². The van der Waals surface area contributed by atoms with E-state index >= 15 is 0 Å². The Bertz CT molecular complexity index is 667. The standard InChI is InChI=1S/C15H20N4O3/c1-3-4-5-8-19-14(13(15(20)21)17-18-19)10-6-7-12(22-2)11(16)9-10/h6-7,9H,3-5,8,16H2,1-2H3,(H,20,21). The lowest BCUT2D eigenvalue weighted by Gasteiger charge is -2.10. The van der Waals surface area contributed by atoms with Crippen LogP contribution in [0.25, 0.3) is 11.3 Å². The van der Waals surface area contributed by atoms with Gasteiger partial charge in [0.25, 0.3) is 0 Å². The molecule has 1 aromatic carbocycles. The molecule has 22 heavy (non-hydrogen) atoms. The number of anilines is 1. The first-order valence-corrected chi connectivity index (χ1v) is 7.19. The van der Waals surface area contributed by atoms with Crippen LogP contribution in [0.1, 0.15) is 36.7 Å². The first kappa shape index (κ1) is 15.8. The van der Waals surface area contributed by atoms with Crippen molar-refractivity contribution >= 4 is 11.7 Å². The summed E-state index contributed by atoms with van der Waals surface area (Å²) >= 11 is 0. The topological polar surface area (TPSA) is 103 Å². The smallest absolute Gasteiger partial charge is 0.358 e. The molecule has 0 unspecified atom stereocenters. The van der Waals surface area contributed by atoms with Gasteiger partial charge in [-0.05, 0) is 24.6 Å². The summed E-state index contributed by atoms with van der Waals surface area (Å²) < 4.78 is 6.75. The second-order valence-electron chi connectivity index (χ2n) is 4.98. The van der Waals surface area contributed by atoms with Gasteiger partial charge in [-0.15, -0.1) is 5.10 Å². The Morgan fingerprint density at radius 1 is 1.41 bits per heavy atom. The largest absolute Gasteiger partial charge is 0.495 e. The zero-order valence-corrected chi connectivity index (χ0v) is 12.7. The number of rotatable bonds is 7. The first-order chi connectivity index (χ1) is 10.6. The van der Waals surface area contributed by atoms with Gasteiger partial charge in [-0.25, -0.2) is 9.48 Å². The van der Waals surface area contributed by atoms with Gasteiger partial charge in [0, 0.05) is 12.1 Å². The van der Waals surface area contributed by atoms with Gasteiger partial charge >= 0.3 is 5.97 Å². The molecule has 0 aliphatic rings. The first-order valence-electron chi connectivity index (χ1n) is 7.19. The molecule has 0 aliphatic heterocycles. The van der Waals surface area contributed by atoms with E-state index in [4.69, 9.17) is 10.5 Å². The minimum Gasteiger partial charge on any atom is -0.495 e. The molecule has 0 spiro atoms. The fourth-order valence-electron chi connectivity index (χ4n) is 2.29. The molecule has 0 bridgehead atoms. The fraction of sp³-hybridized carbons (Fsp3) is 0.400. The Morgan fingerprint density at radius 3 is 2.77 bits per heavy atom. The number of methoxy groups -OCH3 is 1. The summed E-state index contributed by atoms with van der Waals surface area (Å²) in [6, 6.07) is 5.15. The number of carbonyl (C=O) groups is 1. The summed E-state index contributed by atoms with van der Waals surface area (Å²) in [4.78, 5) is 11.4. The summed E-state index contributed by atoms with van der Waals surface area (Å²) in [7, 11) is 1.53. The van der Waals surface area contributed by atoms with Gasteiger partial charge in [-0.3, -0.25) is 0 Å². The number of aromatic nitrogens is 3. The normalized spacial score (nSPS) is 10.6. The molecule has 7 heteroatoms. The van der Waals surface area contributed by atoms with Gasteiger partial charge in [0.2, 0.25) is 0 Å². The molecule has 2 rings (SSSR count). The van der Waals surface area contributed by atoms with Crippen LogP contribution in [0.3, 0.4) is 0 Å². The monoisotopic (exact) mass is 304 g/mol. The maximum atomic E-state index is 11.4. The van der Waals surface area contributed by atoms with Crippen molar-refractivity contribution in [2.75, 3.05) is 12.8 Å². The minimum atomic E-state index is -1.11. The van der Waals surface area contributed by atoms with E-state index in [0.29, 0.717) is 29.2 Å². The SMILES string of the molecule is CCCCCn1nnc(C(=O)O)c1-c1ccc(OC)c(N)c1. The molecule has 1 heterocycles. The lowest BCUT2D eigenvalue weighted by atomic mass is 10.1. The molecule has 1 aromatic heterocycles. The molecular formula is C15H20N4O3. The zero-order chi connectivity index (χ0) is 16.1. The molecule has 3 N–H and O–H groups in total. The lowest BCUT2D eigenvalue weighted by molar-refractivity contribution is 0.0691. The zero-order valence-electron chi connectivity index (χ0n) is 12.7. The summed E-state index contributed by atoms with van der Waals surface area (Å²) in [5, 5.41) is 17.1. The van der Waals surface area contributed by atoms with Crippen molar-refractivity contribution in [1.82, 2.24) is 15.0 Å². The number of nitrogen functional groups attached to an aromatic ring is 1. The van der Waals surface area contributed by atoms with E-state index in [1.165, 1.54) is 7.11 Å². The van der Waals surface area contributed by atoms with Crippen LogP contribution >= 0.6 is 0 Å². The molecule has 118 valence electrons. The number of nitrogens with zero attached hydrogens (tertiary/aromatic N) is 3. The third kappa shape index (κ3) is 3.19. The van der Waals surface area contributed by atoms with Crippen LogP contribution in [0.15, 0.2) is 18.2 Å². The molecule has 0 saturated heterocycles. The van der Waals surface area contributed by atoms with Crippen molar-refractivity contribution in [3.8, 4) is 17.0 Å². The van der Waals surface area contributed by atoms with Crippen LogP contribution in [0, 0.1) is 0 Å². The second-order valence-corrected chi connectivity index (χ2v) is 4.98. The highest BCUT2D eigenvalue weighted by Gasteiger charge is 2.21. The Balaban J connectivity index is 2.44. The van der Waals surface area contributed by atoms with Gasteiger partial charge in [-0.1, -0.05) is 25.0 Å². The molecule has 7 nitrogen and oxygen atoms in total. The molecule has 0 aliphatic carbocycles. The number of hydrogen-bond donors (Lipinski definition) is 2. The highest BCUT2D eigenvalue weighted by molar-refractivity contribution is 5.93. The highest BCUT2D eigenvalue weighted by Crippen LogP contribution is 2.30. The number of ether oxygens (including phenoxy) is 1. The summed E-state index contributed by atoms with van der Waals surface area (Å²) in [6.07, 6.45) is 3.04. The summed E-state index contributed by atoms with van der Waals surface area (Å²) in [5.74, 6) is -0.559. The minimum absolute atomic E-state index is 0.0685. The summed E-state index contributed by atoms with van der Waals surface area (Å²) in [5.41, 5.74) is 7.42. The van der Waals surface area contributed by atoms with Crippen LogP contribution in [0.4, 0.5) is 5.69 Å². The predicted octanol–water partition coefficient (Wildman–Crippen LogP) is 2.42. The fourth-order valence-corrected chi connectivity index (χ4v) is 2.29. The van der Waals surface area contributed by atoms with E-state index in [1.54, 1.807) is 22.9 Å². The molecule has 0 atom stereocenters. The molecule has 0 amide bonds. The predicted molar refractivity (Wildman–Crippen MR) is 82.9 cm³/mol. The van der Waals surface area contributed by atoms with E-state index in [-0.39, 0.29) is 5.69 Å². The molecule has 0 saturated carbocycles. The van der Waals surface area contributed by atoms with Crippen LogP contribution in [0.2, 0.25) is 0 Å². The summed E-state index contributed by atoms with van der Waals surface area (Å²) in [6.45, 7) is 2.73. The maximum absolute atomic E-state index is 11.4. The van der Waals surface area contributed by atoms with E-state index in [9.17, 15) is 9.90 Å². The van der Waals surface area contributed by atoms with Crippen LogP contribution < -0.4 is 10.5 Å². The van der Waals surface area contributed by atoms with E-state index in [2.05, 4.69) is 17.2 Å². The number of aromatic carboxylic acids is 1. The maximum Gasteiger partial charge on any atom is 0.358 e. The quantitative estimate of drug-likeness (QED) is 0.601. The van der Waals surface area contributed by atoms with Crippen LogP contribution in [-0.2, 0) is 6.54 Å². The molecule has 0 fully saturated rings.